The molecule has 2 heteroatoms. The summed E-state index contributed by atoms with van der Waals surface area (Å²) in [7, 11) is 0. The number of nitrogens with one attached hydrogen (secondary N) is 1. The SMILES string of the molecule is CCCC(C)NCC(C)OCC1CCCCC1. The lowest BCUT2D eigenvalue weighted by molar-refractivity contribution is 0.0302. The van der Waals surface area contributed by atoms with Crippen molar-refractivity contribution in [3.05, 3.63) is 0 Å². The van der Waals surface area contributed by atoms with E-state index in [4.69, 9.17) is 4.74 Å². The summed E-state index contributed by atoms with van der Waals surface area (Å²) in [6, 6.07) is 0.626. The molecule has 2 unspecified atom stereocenters. The topological polar surface area (TPSA) is 21.3 Å². The first kappa shape index (κ1) is 15.0. The lowest BCUT2D eigenvalue weighted by Gasteiger charge is -2.24. The molecule has 0 radical (unpaired) electrons. The first-order valence-corrected chi connectivity index (χ1v) is 7.57. The van der Waals surface area contributed by atoms with Crippen molar-refractivity contribution in [1.82, 2.24) is 5.32 Å². The van der Waals surface area contributed by atoms with Crippen LogP contribution in [-0.4, -0.2) is 25.3 Å². The number of hydrogen-bond acceptors (Lipinski definition) is 2. The van der Waals surface area contributed by atoms with E-state index >= 15 is 0 Å². The lowest BCUT2D eigenvalue weighted by Crippen LogP contribution is -2.34. The molecule has 0 amide bonds. The zero-order valence-electron chi connectivity index (χ0n) is 12.0. The van der Waals surface area contributed by atoms with Crippen LogP contribution in [0.15, 0.2) is 0 Å². The normalized spacial score (nSPS) is 21.4. The molecule has 0 aromatic rings. The van der Waals surface area contributed by atoms with Crippen molar-refractivity contribution in [3.63, 3.8) is 0 Å². The highest BCUT2D eigenvalue weighted by Crippen LogP contribution is 2.23. The summed E-state index contributed by atoms with van der Waals surface area (Å²) in [4.78, 5) is 0. The van der Waals surface area contributed by atoms with Gasteiger partial charge in [0.15, 0.2) is 0 Å². The molecular formula is C15H31NO. The van der Waals surface area contributed by atoms with Gasteiger partial charge in [-0.25, -0.2) is 0 Å². The van der Waals surface area contributed by atoms with E-state index in [1.54, 1.807) is 0 Å². The van der Waals surface area contributed by atoms with Crippen LogP contribution in [0.4, 0.5) is 0 Å². The zero-order chi connectivity index (χ0) is 12.5. The van der Waals surface area contributed by atoms with E-state index in [1.165, 1.54) is 44.9 Å². The molecule has 2 nitrogen and oxygen atoms in total. The van der Waals surface area contributed by atoms with Gasteiger partial charge >= 0.3 is 0 Å². The van der Waals surface area contributed by atoms with Gasteiger partial charge in [-0.1, -0.05) is 32.6 Å². The minimum atomic E-state index is 0.358. The Kier molecular flexibility index (Phi) is 7.87. The van der Waals surface area contributed by atoms with E-state index in [1.807, 2.05) is 0 Å². The molecule has 0 aliphatic heterocycles. The van der Waals surface area contributed by atoms with Gasteiger partial charge < -0.3 is 10.1 Å². The standard InChI is InChI=1S/C15H31NO/c1-4-8-13(2)16-11-14(3)17-12-15-9-6-5-7-10-15/h13-16H,4-12H2,1-3H3. The monoisotopic (exact) mass is 241 g/mol. The van der Waals surface area contributed by atoms with Crippen LogP contribution in [0, 0.1) is 5.92 Å². The third-order valence-electron chi connectivity index (χ3n) is 3.82. The molecule has 1 saturated carbocycles. The van der Waals surface area contributed by atoms with E-state index in [-0.39, 0.29) is 0 Å². The highest BCUT2D eigenvalue weighted by molar-refractivity contribution is 4.67. The fourth-order valence-corrected chi connectivity index (χ4v) is 2.62. The van der Waals surface area contributed by atoms with Crippen molar-refractivity contribution in [3.8, 4) is 0 Å². The van der Waals surface area contributed by atoms with E-state index in [0.717, 1.165) is 19.1 Å². The molecule has 1 aliphatic rings. The highest BCUT2D eigenvalue weighted by Gasteiger charge is 2.14. The molecular weight excluding hydrogens is 210 g/mol. The van der Waals surface area contributed by atoms with Crippen LogP contribution in [-0.2, 0) is 4.74 Å². The summed E-state index contributed by atoms with van der Waals surface area (Å²) in [6.45, 7) is 8.66. The van der Waals surface area contributed by atoms with Gasteiger partial charge in [0, 0.05) is 19.2 Å². The molecule has 0 bridgehead atoms. The van der Waals surface area contributed by atoms with Gasteiger partial charge in [-0.3, -0.25) is 0 Å². The number of hydrogen-bond donors (Lipinski definition) is 1. The van der Waals surface area contributed by atoms with E-state index in [0.29, 0.717) is 12.1 Å². The van der Waals surface area contributed by atoms with E-state index in [2.05, 4.69) is 26.1 Å². The first-order chi connectivity index (χ1) is 8.22. The van der Waals surface area contributed by atoms with Gasteiger partial charge in [-0.15, -0.1) is 0 Å². The van der Waals surface area contributed by atoms with Gasteiger partial charge in [-0.2, -0.15) is 0 Å². The third kappa shape index (κ3) is 7.05. The van der Waals surface area contributed by atoms with Gasteiger partial charge in [-0.05, 0) is 39.0 Å². The zero-order valence-corrected chi connectivity index (χ0v) is 12.0. The molecule has 1 aliphatic carbocycles. The molecule has 0 aromatic carbocycles. The largest absolute Gasteiger partial charge is 0.377 e. The van der Waals surface area contributed by atoms with Crippen molar-refractivity contribution in [2.24, 2.45) is 5.92 Å². The average Bonchev–Trinajstić information content (AvgIpc) is 2.35. The lowest BCUT2D eigenvalue weighted by atomic mass is 9.90. The van der Waals surface area contributed by atoms with Gasteiger partial charge in [0.05, 0.1) is 6.10 Å². The summed E-state index contributed by atoms with van der Waals surface area (Å²) in [6.07, 6.45) is 9.89. The maximum Gasteiger partial charge on any atom is 0.0671 e. The van der Waals surface area contributed by atoms with Crippen LogP contribution in [0.5, 0.6) is 0 Å². The summed E-state index contributed by atoms with van der Waals surface area (Å²) in [5, 5.41) is 3.55. The summed E-state index contributed by atoms with van der Waals surface area (Å²) < 4.78 is 5.95. The third-order valence-corrected chi connectivity index (χ3v) is 3.82. The number of ether oxygens (including phenoxy) is 1. The Labute approximate surface area is 108 Å². The molecule has 0 spiro atoms. The molecule has 1 N–H and O–H groups in total. The maximum atomic E-state index is 5.95. The quantitative estimate of drug-likeness (QED) is 0.699. The second-order valence-corrected chi connectivity index (χ2v) is 5.75. The number of rotatable bonds is 8. The smallest absolute Gasteiger partial charge is 0.0671 e. The Bertz CT molecular complexity index is 178. The predicted molar refractivity (Wildman–Crippen MR) is 74.4 cm³/mol. The summed E-state index contributed by atoms with van der Waals surface area (Å²) in [5.41, 5.74) is 0. The van der Waals surface area contributed by atoms with E-state index < -0.39 is 0 Å². The minimum absolute atomic E-state index is 0.358. The Morgan fingerprint density at radius 2 is 1.88 bits per heavy atom. The minimum Gasteiger partial charge on any atom is -0.377 e. The van der Waals surface area contributed by atoms with Crippen molar-refractivity contribution < 1.29 is 4.74 Å². The fourth-order valence-electron chi connectivity index (χ4n) is 2.62. The van der Waals surface area contributed by atoms with Gasteiger partial charge in [0.1, 0.15) is 0 Å². The second-order valence-electron chi connectivity index (χ2n) is 5.75. The van der Waals surface area contributed by atoms with Crippen LogP contribution in [0.2, 0.25) is 0 Å². The highest BCUT2D eigenvalue weighted by atomic mass is 16.5. The maximum absolute atomic E-state index is 5.95. The molecule has 0 heterocycles. The Morgan fingerprint density at radius 3 is 2.53 bits per heavy atom. The average molecular weight is 241 g/mol. The van der Waals surface area contributed by atoms with Crippen molar-refractivity contribution in [1.29, 1.82) is 0 Å². The molecule has 17 heavy (non-hydrogen) atoms. The molecule has 0 saturated heterocycles. The van der Waals surface area contributed by atoms with Crippen LogP contribution in [0.1, 0.15) is 65.7 Å². The fraction of sp³-hybridized carbons (Fsp3) is 1.00. The molecule has 102 valence electrons. The van der Waals surface area contributed by atoms with Crippen LogP contribution in [0.25, 0.3) is 0 Å². The molecule has 0 aromatic heterocycles. The Balaban J connectivity index is 2.01. The molecule has 1 rings (SSSR count). The summed E-state index contributed by atoms with van der Waals surface area (Å²) >= 11 is 0. The van der Waals surface area contributed by atoms with Crippen molar-refractivity contribution in [2.75, 3.05) is 13.2 Å². The second kappa shape index (κ2) is 8.93. The van der Waals surface area contributed by atoms with Crippen molar-refractivity contribution in [2.45, 2.75) is 77.9 Å². The summed E-state index contributed by atoms with van der Waals surface area (Å²) in [5.74, 6) is 0.833. The molecule has 1 fully saturated rings. The van der Waals surface area contributed by atoms with Crippen LogP contribution < -0.4 is 5.32 Å². The van der Waals surface area contributed by atoms with Crippen molar-refractivity contribution >= 4 is 0 Å². The van der Waals surface area contributed by atoms with Gasteiger partial charge in [0.25, 0.3) is 0 Å². The molecule has 2 atom stereocenters. The first-order valence-electron chi connectivity index (χ1n) is 7.57. The Hall–Kier alpha value is -0.0800. The van der Waals surface area contributed by atoms with E-state index in [9.17, 15) is 0 Å². The van der Waals surface area contributed by atoms with Gasteiger partial charge in [0.2, 0.25) is 0 Å². The van der Waals surface area contributed by atoms with Crippen LogP contribution >= 0.6 is 0 Å². The Morgan fingerprint density at radius 1 is 1.18 bits per heavy atom. The van der Waals surface area contributed by atoms with Crippen LogP contribution in [0.3, 0.4) is 0 Å². The predicted octanol–water partition coefficient (Wildman–Crippen LogP) is 3.75.